The Morgan fingerprint density at radius 3 is 2.00 bits per heavy atom. The molecule has 0 radical (unpaired) electrons. The molecular weight excluding hydrogens is 417 g/mol. The van der Waals surface area contributed by atoms with E-state index in [1.54, 1.807) is 0 Å². The van der Waals surface area contributed by atoms with E-state index < -0.39 is 12.5 Å². The lowest BCUT2D eigenvalue weighted by Crippen LogP contribution is -2.41. The zero-order chi connectivity index (χ0) is 23.6. The van der Waals surface area contributed by atoms with Gasteiger partial charge in [0.15, 0.2) is 0 Å². The summed E-state index contributed by atoms with van der Waals surface area (Å²) in [5.41, 5.74) is 7.16. The van der Waals surface area contributed by atoms with Gasteiger partial charge in [-0.25, -0.2) is 0 Å². The molecule has 1 fully saturated rings. The van der Waals surface area contributed by atoms with Crippen molar-refractivity contribution in [2.45, 2.75) is 44.3 Å². The largest absolute Gasteiger partial charge is 0.494 e. The molecule has 0 saturated carbocycles. The maximum Gasteiger partial charge on any atom is 0.494 e. The lowest BCUT2D eigenvalue weighted by atomic mass is 9.66. The van der Waals surface area contributed by atoms with E-state index in [4.69, 9.17) is 9.31 Å². The molecule has 3 nitrogen and oxygen atoms in total. The molecule has 1 aromatic heterocycles. The van der Waals surface area contributed by atoms with Crippen LogP contribution >= 0.6 is 0 Å². The first-order valence-electron chi connectivity index (χ1n) is 11.9. The lowest BCUT2D eigenvalue weighted by molar-refractivity contribution is 0.00578. The van der Waals surface area contributed by atoms with E-state index in [0.717, 1.165) is 11.0 Å². The topological polar surface area (TPSA) is 31.4 Å². The Morgan fingerprint density at radius 2 is 1.29 bits per heavy atom. The van der Waals surface area contributed by atoms with Crippen molar-refractivity contribution < 1.29 is 9.31 Å². The van der Waals surface area contributed by atoms with E-state index in [-0.39, 0.29) is 11.2 Å². The van der Waals surface area contributed by atoms with Crippen molar-refractivity contribution in [3.63, 3.8) is 0 Å². The third-order valence-electron chi connectivity index (χ3n) is 7.90. The number of benzene rings is 3. The second kappa shape index (κ2) is 7.40. The molecule has 168 valence electrons. The normalized spacial score (nSPS) is 21.8. The predicted molar refractivity (Wildman–Crippen MR) is 137 cm³/mol. The highest BCUT2D eigenvalue weighted by Crippen LogP contribution is 2.55. The summed E-state index contributed by atoms with van der Waals surface area (Å²) >= 11 is 0. The SMILES string of the molecule is CC1(C)OB(c2ccc3c(c2)C(c2ccccc2)(c2cccnc2)c2ccccc2-3)OC1(C)C. The van der Waals surface area contributed by atoms with E-state index in [2.05, 4.69) is 112 Å². The van der Waals surface area contributed by atoms with Gasteiger partial charge >= 0.3 is 7.12 Å². The van der Waals surface area contributed by atoms with Crippen molar-refractivity contribution >= 4 is 12.6 Å². The maximum absolute atomic E-state index is 6.43. The zero-order valence-electron chi connectivity index (χ0n) is 20.1. The van der Waals surface area contributed by atoms with Crippen LogP contribution in [0.2, 0.25) is 0 Å². The van der Waals surface area contributed by atoms with Gasteiger partial charge in [0.25, 0.3) is 0 Å². The zero-order valence-corrected chi connectivity index (χ0v) is 20.1. The van der Waals surface area contributed by atoms with Crippen LogP contribution in [0.1, 0.15) is 49.9 Å². The minimum Gasteiger partial charge on any atom is -0.399 e. The molecule has 4 heteroatoms. The summed E-state index contributed by atoms with van der Waals surface area (Å²) in [5.74, 6) is 0. The fourth-order valence-corrected chi connectivity index (χ4v) is 5.48. The molecule has 0 amide bonds. The molecule has 0 spiro atoms. The van der Waals surface area contributed by atoms with Gasteiger partial charge in [-0.3, -0.25) is 4.98 Å². The molecule has 1 aliphatic carbocycles. The summed E-state index contributed by atoms with van der Waals surface area (Å²) in [6, 6.07) is 30.4. The molecule has 2 aliphatic rings. The van der Waals surface area contributed by atoms with Gasteiger partial charge in [-0.15, -0.1) is 0 Å². The second-order valence-electron chi connectivity index (χ2n) is 10.3. The summed E-state index contributed by atoms with van der Waals surface area (Å²) in [6.07, 6.45) is 3.84. The number of hydrogen-bond donors (Lipinski definition) is 0. The minimum absolute atomic E-state index is 0.389. The van der Waals surface area contributed by atoms with Crippen molar-refractivity contribution in [3.05, 3.63) is 120 Å². The monoisotopic (exact) mass is 445 g/mol. The van der Waals surface area contributed by atoms with Crippen molar-refractivity contribution in [1.82, 2.24) is 4.98 Å². The van der Waals surface area contributed by atoms with E-state index in [1.807, 2.05) is 18.5 Å². The molecule has 1 atom stereocenters. The minimum atomic E-state index is -0.471. The van der Waals surface area contributed by atoms with Gasteiger partial charge in [0.1, 0.15) is 0 Å². The smallest absolute Gasteiger partial charge is 0.399 e. The summed E-state index contributed by atoms with van der Waals surface area (Å²) in [6.45, 7) is 8.39. The van der Waals surface area contributed by atoms with Gasteiger partial charge in [-0.2, -0.15) is 0 Å². The number of hydrogen-bond acceptors (Lipinski definition) is 3. The number of pyridine rings is 1. The van der Waals surface area contributed by atoms with Crippen LogP contribution in [0.3, 0.4) is 0 Å². The fraction of sp³-hybridized carbons (Fsp3) is 0.233. The Morgan fingerprint density at radius 1 is 0.647 bits per heavy atom. The van der Waals surface area contributed by atoms with Crippen LogP contribution in [-0.4, -0.2) is 23.3 Å². The Balaban J connectivity index is 1.64. The second-order valence-corrected chi connectivity index (χ2v) is 10.3. The molecule has 0 N–H and O–H groups in total. The van der Waals surface area contributed by atoms with Gasteiger partial charge < -0.3 is 9.31 Å². The number of nitrogens with zero attached hydrogens (tertiary/aromatic N) is 1. The first kappa shape index (κ1) is 21.3. The number of fused-ring (bicyclic) bond motifs is 3. The summed E-state index contributed by atoms with van der Waals surface area (Å²) in [4.78, 5) is 4.53. The van der Waals surface area contributed by atoms with Gasteiger partial charge in [0, 0.05) is 12.4 Å². The van der Waals surface area contributed by atoms with E-state index in [0.29, 0.717) is 0 Å². The standard InChI is InChI=1S/C30H28BNO2/c1-28(2)29(3,4)34-31(33-28)23-16-17-25-24-14-8-9-15-26(24)30(27(25)19-23,21-11-6-5-7-12-21)22-13-10-18-32-20-22/h5-20H,1-4H3. The Kier molecular flexibility index (Phi) is 4.64. The van der Waals surface area contributed by atoms with Gasteiger partial charge in [-0.1, -0.05) is 78.9 Å². The Hall–Kier alpha value is -3.21. The first-order chi connectivity index (χ1) is 16.3. The maximum atomic E-state index is 6.43. The molecule has 3 aromatic carbocycles. The quantitative estimate of drug-likeness (QED) is 0.332. The highest BCUT2D eigenvalue weighted by atomic mass is 16.7. The van der Waals surface area contributed by atoms with Crippen LogP contribution in [0.5, 0.6) is 0 Å². The average Bonchev–Trinajstić information content (AvgIpc) is 3.27. The molecule has 4 aromatic rings. The Bertz CT molecular complexity index is 1310. The predicted octanol–water partition coefficient (Wildman–Crippen LogP) is 5.74. The number of aromatic nitrogens is 1. The fourth-order valence-electron chi connectivity index (χ4n) is 5.48. The van der Waals surface area contributed by atoms with Crippen LogP contribution in [-0.2, 0) is 14.7 Å². The molecule has 0 bridgehead atoms. The van der Waals surface area contributed by atoms with Crippen molar-refractivity contribution in [2.24, 2.45) is 0 Å². The Labute approximate surface area is 201 Å². The van der Waals surface area contributed by atoms with Crippen LogP contribution in [0.15, 0.2) is 97.3 Å². The highest BCUT2D eigenvalue weighted by molar-refractivity contribution is 6.62. The van der Waals surface area contributed by atoms with E-state index >= 15 is 0 Å². The molecule has 1 unspecified atom stereocenters. The van der Waals surface area contributed by atoms with Crippen molar-refractivity contribution in [1.29, 1.82) is 0 Å². The van der Waals surface area contributed by atoms with Crippen molar-refractivity contribution in [2.75, 3.05) is 0 Å². The average molecular weight is 445 g/mol. The first-order valence-corrected chi connectivity index (χ1v) is 11.9. The third-order valence-corrected chi connectivity index (χ3v) is 7.90. The van der Waals surface area contributed by atoms with Gasteiger partial charge in [-0.05, 0) is 72.6 Å². The van der Waals surface area contributed by atoms with Crippen LogP contribution in [0, 0.1) is 0 Å². The molecule has 1 saturated heterocycles. The number of rotatable bonds is 3. The third kappa shape index (κ3) is 2.89. The van der Waals surface area contributed by atoms with Crippen LogP contribution in [0.25, 0.3) is 11.1 Å². The lowest BCUT2D eigenvalue weighted by Gasteiger charge is -2.33. The van der Waals surface area contributed by atoms with Crippen molar-refractivity contribution in [3.8, 4) is 11.1 Å². The van der Waals surface area contributed by atoms with Crippen LogP contribution in [0.4, 0.5) is 0 Å². The van der Waals surface area contributed by atoms with E-state index in [9.17, 15) is 0 Å². The molecule has 34 heavy (non-hydrogen) atoms. The highest BCUT2D eigenvalue weighted by Gasteiger charge is 2.53. The van der Waals surface area contributed by atoms with Gasteiger partial charge in [0.05, 0.1) is 16.6 Å². The summed E-state index contributed by atoms with van der Waals surface area (Å²) in [7, 11) is -0.415. The summed E-state index contributed by atoms with van der Waals surface area (Å²) in [5, 5.41) is 0. The van der Waals surface area contributed by atoms with E-state index in [1.165, 1.54) is 27.8 Å². The molecular formula is C30H28BNO2. The molecule has 2 heterocycles. The summed E-state index contributed by atoms with van der Waals surface area (Å²) < 4.78 is 12.9. The molecule has 6 rings (SSSR count). The molecule has 1 aliphatic heterocycles. The van der Waals surface area contributed by atoms with Gasteiger partial charge in [0.2, 0.25) is 0 Å². The van der Waals surface area contributed by atoms with Crippen LogP contribution < -0.4 is 5.46 Å².